The van der Waals surface area contributed by atoms with E-state index in [1.165, 1.54) is 13.2 Å². The summed E-state index contributed by atoms with van der Waals surface area (Å²) >= 11 is 1.54. The van der Waals surface area contributed by atoms with Gasteiger partial charge in [0.15, 0.2) is 11.5 Å². The van der Waals surface area contributed by atoms with Gasteiger partial charge < -0.3 is 14.0 Å². The van der Waals surface area contributed by atoms with E-state index in [1.807, 2.05) is 29.5 Å². The van der Waals surface area contributed by atoms with Crippen LogP contribution < -0.4 is 9.47 Å². The zero-order chi connectivity index (χ0) is 18.5. The number of rotatable bonds is 8. The van der Waals surface area contributed by atoms with Gasteiger partial charge in [0.1, 0.15) is 0 Å². The lowest BCUT2D eigenvalue weighted by Gasteiger charge is -2.16. The van der Waals surface area contributed by atoms with E-state index in [-0.39, 0.29) is 11.5 Å². The Labute approximate surface area is 153 Å². The monoisotopic (exact) mass is 381 g/mol. The smallest absolute Gasteiger partial charge is 0.387 e. The Balaban J connectivity index is 1.63. The molecular weight excluding hydrogens is 364 g/mol. The fourth-order valence-electron chi connectivity index (χ4n) is 2.43. The number of hydrogen-bond donors (Lipinski definition) is 0. The molecule has 26 heavy (non-hydrogen) atoms. The minimum absolute atomic E-state index is 0.00592. The summed E-state index contributed by atoms with van der Waals surface area (Å²) < 4.78 is 39.6. The van der Waals surface area contributed by atoms with Crippen LogP contribution in [0.5, 0.6) is 11.5 Å². The molecule has 0 radical (unpaired) electrons. The molecule has 0 bridgehead atoms. The molecule has 0 saturated heterocycles. The molecule has 0 atom stereocenters. The maximum Gasteiger partial charge on any atom is 0.387 e. The zero-order valence-electron chi connectivity index (χ0n) is 14.2. The largest absolute Gasteiger partial charge is 0.493 e. The highest BCUT2D eigenvalue weighted by molar-refractivity contribution is 7.13. The molecule has 6 nitrogen and oxygen atoms in total. The summed E-state index contributed by atoms with van der Waals surface area (Å²) in [5, 5.41) is 5.93. The van der Waals surface area contributed by atoms with E-state index in [0.29, 0.717) is 24.8 Å². The number of hydrogen-bond acceptors (Lipinski definition) is 7. The first-order chi connectivity index (χ1) is 12.5. The van der Waals surface area contributed by atoms with Crippen molar-refractivity contribution in [3.8, 4) is 22.2 Å². The molecule has 0 unspecified atom stereocenters. The highest BCUT2D eigenvalue weighted by Crippen LogP contribution is 2.30. The summed E-state index contributed by atoms with van der Waals surface area (Å²) in [6.45, 7) is -1.90. The topological polar surface area (TPSA) is 60.6 Å². The summed E-state index contributed by atoms with van der Waals surface area (Å²) in [7, 11) is 3.30. The SMILES string of the molecule is COc1cc(CN(C)Cc2nc(-c3cccs3)no2)ccc1OC(F)F. The van der Waals surface area contributed by atoms with Crippen LogP contribution in [0.2, 0.25) is 0 Å². The average Bonchev–Trinajstić information content (AvgIpc) is 3.27. The Morgan fingerprint density at radius 3 is 2.77 bits per heavy atom. The quantitative estimate of drug-likeness (QED) is 0.587. The van der Waals surface area contributed by atoms with E-state index < -0.39 is 6.61 Å². The van der Waals surface area contributed by atoms with Gasteiger partial charge in [-0.25, -0.2) is 0 Å². The van der Waals surface area contributed by atoms with Gasteiger partial charge in [0.05, 0.1) is 18.5 Å². The number of methoxy groups -OCH3 is 1. The van der Waals surface area contributed by atoms with E-state index in [1.54, 1.807) is 23.5 Å². The second-order valence-electron chi connectivity index (χ2n) is 5.53. The predicted octanol–water partition coefficient (Wildman–Crippen LogP) is 4.04. The van der Waals surface area contributed by atoms with Gasteiger partial charge in [0, 0.05) is 6.54 Å². The van der Waals surface area contributed by atoms with Crippen molar-refractivity contribution in [2.75, 3.05) is 14.2 Å². The van der Waals surface area contributed by atoms with Crippen LogP contribution >= 0.6 is 11.3 Å². The maximum atomic E-state index is 12.4. The highest BCUT2D eigenvalue weighted by atomic mass is 32.1. The molecule has 0 fully saturated rings. The minimum Gasteiger partial charge on any atom is -0.493 e. The highest BCUT2D eigenvalue weighted by Gasteiger charge is 2.14. The van der Waals surface area contributed by atoms with Gasteiger partial charge in [-0.3, -0.25) is 4.90 Å². The molecule has 0 N–H and O–H groups in total. The van der Waals surface area contributed by atoms with Crippen molar-refractivity contribution in [2.45, 2.75) is 19.7 Å². The van der Waals surface area contributed by atoms with E-state index in [0.717, 1.165) is 10.4 Å². The van der Waals surface area contributed by atoms with Crippen LogP contribution in [0.4, 0.5) is 8.78 Å². The molecule has 0 aliphatic heterocycles. The molecule has 3 aromatic rings. The van der Waals surface area contributed by atoms with E-state index in [2.05, 4.69) is 14.9 Å². The lowest BCUT2D eigenvalue weighted by molar-refractivity contribution is -0.0512. The van der Waals surface area contributed by atoms with Gasteiger partial charge in [0.2, 0.25) is 11.7 Å². The number of halogens is 2. The first-order valence-electron chi connectivity index (χ1n) is 7.72. The fraction of sp³-hybridized carbons (Fsp3) is 0.294. The lowest BCUT2D eigenvalue weighted by atomic mass is 10.2. The van der Waals surface area contributed by atoms with Crippen molar-refractivity contribution in [3.05, 3.63) is 47.2 Å². The van der Waals surface area contributed by atoms with E-state index in [9.17, 15) is 8.78 Å². The summed E-state index contributed by atoms with van der Waals surface area (Å²) in [6, 6.07) is 8.70. The fourth-order valence-corrected chi connectivity index (χ4v) is 3.08. The first kappa shape index (κ1) is 18.3. The van der Waals surface area contributed by atoms with Crippen LogP contribution in [0.3, 0.4) is 0 Å². The molecule has 3 rings (SSSR count). The maximum absolute atomic E-state index is 12.4. The average molecular weight is 381 g/mol. The summed E-state index contributed by atoms with van der Waals surface area (Å²) in [5.74, 6) is 1.33. The number of aromatic nitrogens is 2. The Hall–Kier alpha value is -2.52. The zero-order valence-corrected chi connectivity index (χ0v) is 15.0. The molecule has 138 valence electrons. The molecule has 1 aromatic carbocycles. The number of alkyl halides is 2. The Bertz CT molecular complexity index is 840. The number of nitrogens with zero attached hydrogens (tertiary/aromatic N) is 3. The van der Waals surface area contributed by atoms with E-state index >= 15 is 0 Å². The predicted molar refractivity (Wildman–Crippen MR) is 92.4 cm³/mol. The van der Waals surface area contributed by atoms with Crippen molar-refractivity contribution in [3.63, 3.8) is 0 Å². The van der Waals surface area contributed by atoms with Crippen LogP contribution in [0.1, 0.15) is 11.5 Å². The molecule has 0 saturated carbocycles. The molecule has 9 heteroatoms. The first-order valence-corrected chi connectivity index (χ1v) is 8.60. The van der Waals surface area contributed by atoms with Gasteiger partial charge in [-0.15, -0.1) is 11.3 Å². The van der Waals surface area contributed by atoms with Gasteiger partial charge in [0.25, 0.3) is 0 Å². The van der Waals surface area contributed by atoms with Crippen LogP contribution in [0, 0.1) is 0 Å². The second-order valence-corrected chi connectivity index (χ2v) is 6.47. The molecule has 2 aromatic heterocycles. The van der Waals surface area contributed by atoms with Crippen molar-refractivity contribution in [1.82, 2.24) is 15.0 Å². The second kappa shape index (κ2) is 8.24. The van der Waals surface area contributed by atoms with Gasteiger partial charge in [-0.2, -0.15) is 13.8 Å². The third-order valence-corrected chi connectivity index (χ3v) is 4.38. The van der Waals surface area contributed by atoms with Crippen LogP contribution in [-0.2, 0) is 13.1 Å². The Kier molecular flexibility index (Phi) is 5.79. The number of ether oxygens (including phenoxy) is 2. The molecule has 0 amide bonds. The van der Waals surface area contributed by atoms with Crippen LogP contribution in [0.25, 0.3) is 10.7 Å². The normalized spacial score (nSPS) is 11.3. The third-order valence-electron chi connectivity index (χ3n) is 3.51. The standard InChI is InChI=1S/C17H17F2N3O3S/c1-22(10-15-20-16(21-25-15)14-4-3-7-26-14)9-11-5-6-12(24-17(18)19)13(8-11)23-2/h3-8,17H,9-10H2,1-2H3. The molecule has 2 heterocycles. The van der Waals surface area contributed by atoms with Crippen LogP contribution in [-0.4, -0.2) is 35.8 Å². The summed E-state index contributed by atoms with van der Waals surface area (Å²) in [6.07, 6.45) is 0. The van der Waals surface area contributed by atoms with Gasteiger partial charge in [-0.1, -0.05) is 17.3 Å². The van der Waals surface area contributed by atoms with Gasteiger partial charge in [-0.05, 0) is 36.2 Å². The molecule has 0 spiro atoms. The Morgan fingerprint density at radius 2 is 2.08 bits per heavy atom. The van der Waals surface area contributed by atoms with Crippen molar-refractivity contribution >= 4 is 11.3 Å². The molecular formula is C17H17F2N3O3S. The number of thiophene rings is 1. The van der Waals surface area contributed by atoms with Crippen molar-refractivity contribution in [1.29, 1.82) is 0 Å². The lowest BCUT2D eigenvalue weighted by Crippen LogP contribution is -2.17. The molecule has 0 aliphatic carbocycles. The van der Waals surface area contributed by atoms with E-state index in [4.69, 9.17) is 9.26 Å². The third kappa shape index (κ3) is 4.55. The van der Waals surface area contributed by atoms with Crippen molar-refractivity contribution < 1.29 is 22.8 Å². The summed E-state index contributed by atoms with van der Waals surface area (Å²) in [5.41, 5.74) is 0.879. The van der Waals surface area contributed by atoms with Gasteiger partial charge >= 0.3 is 6.61 Å². The van der Waals surface area contributed by atoms with Crippen LogP contribution in [0.15, 0.2) is 40.2 Å². The number of benzene rings is 1. The summed E-state index contributed by atoms with van der Waals surface area (Å²) in [4.78, 5) is 7.29. The Morgan fingerprint density at radius 1 is 1.23 bits per heavy atom. The molecule has 0 aliphatic rings. The minimum atomic E-state index is -2.90. The van der Waals surface area contributed by atoms with Crippen molar-refractivity contribution in [2.24, 2.45) is 0 Å².